The summed E-state index contributed by atoms with van der Waals surface area (Å²) in [5.74, 6) is -0.752. The van der Waals surface area contributed by atoms with Crippen molar-refractivity contribution in [2.45, 2.75) is 65.4 Å². The van der Waals surface area contributed by atoms with Crippen LogP contribution in [0.15, 0.2) is 12.1 Å². The Bertz CT molecular complexity index is 574. The number of hydrogen-bond acceptors (Lipinski definition) is 4. The lowest BCUT2D eigenvalue weighted by molar-refractivity contribution is -0.181. The molecule has 2 rings (SSSR count). The molecule has 0 amide bonds. The van der Waals surface area contributed by atoms with Crippen LogP contribution < -0.4 is 0 Å². The Hall–Kier alpha value is -1.84. The van der Waals surface area contributed by atoms with Crippen molar-refractivity contribution in [3.8, 4) is 0 Å². The molecule has 0 radical (unpaired) electrons. The molecular weight excluding hydrogens is 292 g/mol. The molecule has 0 spiro atoms. The SMILES string of the molecule is CCOC(=O)C1(OC(=O)Cc2c(C)cc(C)cc2C)CCCC1. The molecule has 1 aromatic rings. The van der Waals surface area contributed by atoms with Crippen LogP contribution >= 0.6 is 0 Å². The Kier molecular flexibility index (Phi) is 5.45. The van der Waals surface area contributed by atoms with Crippen LogP contribution in [0.2, 0.25) is 0 Å². The van der Waals surface area contributed by atoms with Crippen molar-refractivity contribution >= 4 is 11.9 Å². The zero-order valence-electron chi connectivity index (χ0n) is 14.5. The lowest BCUT2D eigenvalue weighted by Crippen LogP contribution is -2.42. The van der Waals surface area contributed by atoms with Gasteiger partial charge in [-0.3, -0.25) is 4.79 Å². The molecule has 0 heterocycles. The van der Waals surface area contributed by atoms with E-state index >= 15 is 0 Å². The van der Waals surface area contributed by atoms with E-state index in [4.69, 9.17) is 9.47 Å². The molecular formula is C19H26O4. The summed E-state index contributed by atoms with van der Waals surface area (Å²) in [6.07, 6.45) is 3.08. The molecule has 1 aromatic carbocycles. The van der Waals surface area contributed by atoms with Gasteiger partial charge in [-0.1, -0.05) is 17.7 Å². The molecule has 0 unspecified atom stereocenters. The topological polar surface area (TPSA) is 52.6 Å². The van der Waals surface area contributed by atoms with Gasteiger partial charge in [0.2, 0.25) is 5.60 Å². The van der Waals surface area contributed by atoms with Gasteiger partial charge in [0.1, 0.15) is 0 Å². The number of rotatable bonds is 5. The molecule has 0 atom stereocenters. The maximum atomic E-state index is 12.4. The Morgan fingerprint density at radius 1 is 1.09 bits per heavy atom. The van der Waals surface area contributed by atoms with Gasteiger partial charge in [0.15, 0.2) is 0 Å². The lowest BCUT2D eigenvalue weighted by Gasteiger charge is -2.26. The molecule has 0 saturated heterocycles. The molecule has 0 aliphatic heterocycles. The zero-order chi connectivity index (χ0) is 17.0. The molecule has 1 aliphatic rings. The van der Waals surface area contributed by atoms with Gasteiger partial charge < -0.3 is 9.47 Å². The summed E-state index contributed by atoms with van der Waals surface area (Å²) in [6, 6.07) is 4.12. The van der Waals surface area contributed by atoms with Gasteiger partial charge in [-0.2, -0.15) is 0 Å². The van der Waals surface area contributed by atoms with E-state index in [1.807, 2.05) is 20.8 Å². The number of aryl methyl sites for hydroxylation is 3. The first-order chi connectivity index (χ1) is 10.9. The Labute approximate surface area is 138 Å². The molecule has 23 heavy (non-hydrogen) atoms. The predicted octanol–water partition coefficient (Wildman–Crippen LogP) is 3.57. The highest BCUT2D eigenvalue weighted by Crippen LogP contribution is 2.35. The lowest BCUT2D eigenvalue weighted by atomic mass is 9.97. The highest BCUT2D eigenvalue weighted by molar-refractivity contribution is 5.84. The van der Waals surface area contributed by atoms with E-state index in [0.29, 0.717) is 19.4 Å². The van der Waals surface area contributed by atoms with Gasteiger partial charge in [0.25, 0.3) is 0 Å². The molecule has 126 valence electrons. The van der Waals surface area contributed by atoms with Crippen LogP contribution in [0, 0.1) is 20.8 Å². The van der Waals surface area contributed by atoms with Crippen molar-refractivity contribution in [2.75, 3.05) is 6.61 Å². The van der Waals surface area contributed by atoms with E-state index in [9.17, 15) is 9.59 Å². The quantitative estimate of drug-likeness (QED) is 0.779. The second-order valence-corrected chi connectivity index (χ2v) is 6.45. The van der Waals surface area contributed by atoms with Crippen LogP contribution in [0.25, 0.3) is 0 Å². The summed E-state index contributed by atoms with van der Waals surface area (Å²) in [7, 11) is 0. The number of hydrogen-bond donors (Lipinski definition) is 0. The normalized spacial score (nSPS) is 16.2. The summed E-state index contributed by atoms with van der Waals surface area (Å²) in [5, 5.41) is 0. The molecule has 4 nitrogen and oxygen atoms in total. The summed E-state index contributed by atoms with van der Waals surface area (Å²) < 4.78 is 10.8. The van der Waals surface area contributed by atoms with Gasteiger partial charge in [-0.05, 0) is 70.1 Å². The smallest absolute Gasteiger partial charge is 0.350 e. The molecule has 1 aliphatic carbocycles. The van der Waals surface area contributed by atoms with E-state index in [2.05, 4.69) is 12.1 Å². The number of benzene rings is 1. The third-order valence-corrected chi connectivity index (χ3v) is 4.53. The maximum Gasteiger partial charge on any atom is 0.350 e. The minimum atomic E-state index is -1.07. The van der Waals surface area contributed by atoms with Crippen molar-refractivity contribution in [3.63, 3.8) is 0 Å². The first kappa shape index (κ1) is 17.5. The Morgan fingerprint density at radius 2 is 1.65 bits per heavy atom. The second kappa shape index (κ2) is 7.16. The van der Waals surface area contributed by atoms with Gasteiger partial charge in [0, 0.05) is 0 Å². The zero-order valence-corrected chi connectivity index (χ0v) is 14.5. The number of esters is 2. The number of ether oxygens (including phenoxy) is 2. The maximum absolute atomic E-state index is 12.4. The average molecular weight is 318 g/mol. The van der Waals surface area contributed by atoms with Crippen LogP contribution in [0.4, 0.5) is 0 Å². The van der Waals surface area contributed by atoms with Crippen LogP contribution in [0.1, 0.15) is 54.9 Å². The third-order valence-electron chi connectivity index (χ3n) is 4.53. The minimum absolute atomic E-state index is 0.194. The fraction of sp³-hybridized carbons (Fsp3) is 0.579. The number of carbonyl (C=O) groups is 2. The van der Waals surface area contributed by atoms with Gasteiger partial charge in [-0.25, -0.2) is 4.79 Å². The highest BCUT2D eigenvalue weighted by Gasteiger charge is 2.46. The third kappa shape index (κ3) is 3.92. The Balaban J connectivity index is 2.13. The molecule has 1 saturated carbocycles. The van der Waals surface area contributed by atoms with Crippen molar-refractivity contribution < 1.29 is 19.1 Å². The minimum Gasteiger partial charge on any atom is -0.463 e. The van der Waals surface area contributed by atoms with E-state index in [1.165, 1.54) is 5.56 Å². The van der Waals surface area contributed by atoms with E-state index < -0.39 is 11.6 Å². The van der Waals surface area contributed by atoms with Crippen LogP contribution in [0.5, 0.6) is 0 Å². The fourth-order valence-electron chi connectivity index (χ4n) is 3.44. The Morgan fingerprint density at radius 3 is 2.17 bits per heavy atom. The first-order valence-electron chi connectivity index (χ1n) is 8.34. The highest BCUT2D eigenvalue weighted by atomic mass is 16.6. The summed E-state index contributed by atoms with van der Waals surface area (Å²) in [6.45, 7) is 8.10. The van der Waals surface area contributed by atoms with E-state index in [0.717, 1.165) is 29.5 Å². The molecule has 0 bridgehead atoms. The van der Waals surface area contributed by atoms with Crippen LogP contribution in [-0.2, 0) is 25.5 Å². The van der Waals surface area contributed by atoms with E-state index in [-0.39, 0.29) is 12.4 Å². The monoisotopic (exact) mass is 318 g/mol. The van der Waals surface area contributed by atoms with Gasteiger partial charge >= 0.3 is 11.9 Å². The molecule has 1 fully saturated rings. The molecule has 0 aromatic heterocycles. The molecule has 0 N–H and O–H groups in total. The van der Waals surface area contributed by atoms with Crippen molar-refractivity contribution in [1.29, 1.82) is 0 Å². The number of carbonyl (C=O) groups excluding carboxylic acids is 2. The average Bonchev–Trinajstić information content (AvgIpc) is 2.93. The standard InChI is InChI=1S/C19H26O4/c1-5-22-18(21)19(8-6-7-9-19)23-17(20)12-16-14(3)10-13(2)11-15(16)4/h10-11H,5-9,12H2,1-4H3. The summed E-state index contributed by atoms with van der Waals surface area (Å²) in [5.41, 5.74) is 3.25. The van der Waals surface area contributed by atoms with Crippen LogP contribution in [-0.4, -0.2) is 24.1 Å². The van der Waals surface area contributed by atoms with Gasteiger partial charge in [0.05, 0.1) is 13.0 Å². The van der Waals surface area contributed by atoms with Crippen molar-refractivity contribution in [2.24, 2.45) is 0 Å². The van der Waals surface area contributed by atoms with E-state index in [1.54, 1.807) is 6.92 Å². The van der Waals surface area contributed by atoms with Crippen LogP contribution in [0.3, 0.4) is 0 Å². The first-order valence-corrected chi connectivity index (χ1v) is 8.34. The predicted molar refractivity (Wildman–Crippen MR) is 88.3 cm³/mol. The fourth-order valence-corrected chi connectivity index (χ4v) is 3.44. The van der Waals surface area contributed by atoms with Crippen molar-refractivity contribution in [1.82, 2.24) is 0 Å². The van der Waals surface area contributed by atoms with Gasteiger partial charge in [-0.15, -0.1) is 0 Å². The summed E-state index contributed by atoms with van der Waals surface area (Å²) in [4.78, 5) is 24.7. The summed E-state index contributed by atoms with van der Waals surface area (Å²) >= 11 is 0. The van der Waals surface area contributed by atoms with Crippen molar-refractivity contribution in [3.05, 3.63) is 34.4 Å². The largest absolute Gasteiger partial charge is 0.463 e. The second-order valence-electron chi connectivity index (χ2n) is 6.45. The molecule has 4 heteroatoms.